The number of aryl methyl sites for hydroxylation is 1. The number of amides is 2. The van der Waals surface area contributed by atoms with Crippen molar-refractivity contribution < 1.29 is 23.8 Å². The van der Waals surface area contributed by atoms with Gasteiger partial charge in [-0.25, -0.2) is 0 Å². The Labute approximate surface area is 209 Å². The van der Waals surface area contributed by atoms with Crippen LogP contribution in [-0.2, 0) is 11.2 Å². The van der Waals surface area contributed by atoms with Gasteiger partial charge in [-0.2, -0.15) is 0 Å². The second-order valence-electron chi connectivity index (χ2n) is 8.42. The van der Waals surface area contributed by atoms with Crippen molar-refractivity contribution in [2.45, 2.75) is 25.8 Å². The summed E-state index contributed by atoms with van der Waals surface area (Å²) in [5.41, 5.74) is 3.17. The van der Waals surface area contributed by atoms with Crippen LogP contribution in [-0.4, -0.2) is 33.1 Å². The fourth-order valence-corrected chi connectivity index (χ4v) is 4.59. The van der Waals surface area contributed by atoms with E-state index in [9.17, 15) is 14.4 Å². The van der Waals surface area contributed by atoms with Crippen LogP contribution in [0.15, 0.2) is 59.4 Å². The van der Waals surface area contributed by atoms with Crippen LogP contribution in [0.2, 0.25) is 0 Å². The summed E-state index contributed by atoms with van der Waals surface area (Å²) in [5.74, 6) is 0.806. The van der Waals surface area contributed by atoms with E-state index in [1.165, 1.54) is 20.1 Å². The van der Waals surface area contributed by atoms with Gasteiger partial charge >= 0.3 is 0 Å². The highest BCUT2D eigenvalue weighted by Gasteiger charge is 2.29. The smallest absolute Gasteiger partial charge is 0.255 e. The van der Waals surface area contributed by atoms with Crippen LogP contribution in [0.3, 0.4) is 0 Å². The van der Waals surface area contributed by atoms with Crippen LogP contribution >= 0.6 is 0 Å². The van der Waals surface area contributed by atoms with Gasteiger partial charge in [0.25, 0.3) is 5.91 Å². The van der Waals surface area contributed by atoms with E-state index in [1.54, 1.807) is 50.6 Å². The minimum absolute atomic E-state index is 0.125. The summed E-state index contributed by atoms with van der Waals surface area (Å²) in [4.78, 5) is 38.1. The number of carbonyl (C=O) groups excluding carboxylic acids is 2. The Balaban J connectivity index is 1.94. The van der Waals surface area contributed by atoms with Gasteiger partial charge in [0.2, 0.25) is 17.1 Å². The lowest BCUT2D eigenvalue weighted by Crippen LogP contribution is -2.26. The zero-order valence-corrected chi connectivity index (χ0v) is 20.6. The molecule has 4 rings (SSSR count). The first kappa shape index (κ1) is 24.8. The Bertz CT molecular complexity index is 1370. The summed E-state index contributed by atoms with van der Waals surface area (Å²) in [5, 5.41) is 5.69. The van der Waals surface area contributed by atoms with Crippen molar-refractivity contribution in [3.05, 3.63) is 81.5 Å². The first-order valence-electron chi connectivity index (χ1n) is 11.5. The number of fused-ring (bicyclic) bond motifs is 3. The van der Waals surface area contributed by atoms with Gasteiger partial charge in [0.15, 0.2) is 11.5 Å². The average Bonchev–Trinajstić information content (AvgIpc) is 3.12. The molecule has 3 aromatic carbocycles. The molecule has 1 aliphatic carbocycles. The summed E-state index contributed by atoms with van der Waals surface area (Å²) in [6, 6.07) is 14.9. The number of ether oxygens (including phenoxy) is 3. The first-order chi connectivity index (χ1) is 17.4. The number of carbonyl (C=O) groups is 2. The molecule has 0 aliphatic heterocycles. The van der Waals surface area contributed by atoms with Crippen molar-refractivity contribution in [1.29, 1.82) is 0 Å². The monoisotopic (exact) mass is 488 g/mol. The van der Waals surface area contributed by atoms with Gasteiger partial charge in [0.1, 0.15) is 0 Å². The molecule has 0 unspecified atom stereocenters. The maximum absolute atomic E-state index is 13.3. The van der Waals surface area contributed by atoms with Gasteiger partial charge < -0.3 is 24.8 Å². The normalized spacial score (nSPS) is 13.9. The molecule has 8 heteroatoms. The van der Waals surface area contributed by atoms with Gasteiger partial charge in [0, 0.05) is 18.1 Å². The Kier molecular flexibility index (Phi) is 7.24. The maximum atomic E-state index is 13.3. The predicted molar refractivity (Wildman–Crippen MR) is 137 cm³/mol. The molecule has 2 amide bonds. The Morgan fingerprint density at radius 2 is 1.64 bits per heavy atom. The van der Waals surface area contributed by atoms with Crippen molar-refractivity contribution in [3.63, 3.8) is 0 Å². The molecule has 3 aromatic rings. The van der Waals surface area contributed by atoms with Gasteiger partial charge in [-0.3, -0.25) is 14.4 Å². The van der Waals surface area contributed by atoms with Crippen LogP contribution < -0.4 is 30.3 Å². The highest BCUT2D eigenvalue weighted by atomic mass is 16.5. The number of nitrogens with one attached hydrogen (secondary N) is 2. The van der Waals surface area contributed by atoms with Gasteiger partial charge in [0.05, 0.1) is 33.1 Å². The van der Waals surface area contributed by atoms with Crippen LogP contribution in [0.5, 0.6) is 17.2 Å². The van der Waals surface area contributed by atoms with Crippen LogP contribution in [0.1, 0.15) is 40.9 Å². The van der Waals surface area contributed by atoms with Crippen LogP contribution in [0.4, 0.5) is 5.69 Å². The molecule has 0 heterocycles. The van der Waals surface area contributed by atoms with Crippen LogP contribution in [0.25, 0.3) is 11.1 Å². The molecule has 2 N–H and O–H groups in total. The standard InChI is InChI=1S/C28H28N2O6/c1-16(31)29-21-12-10-18-14-24(34-2)26(35-3)27(36-4)25(18)19-11-13-22(23(32)15-20(19)21)30-28(33)17-8-6-5-7-9-17/h5-9,11,13-15,21H,10,12H2,1-4H3,(H,29,31)(H,30,32,33)/t21-/m0/s1. The number of hydrogen-bond donors (Lipinski definition) is 2. The lowest BCUT2D eigenvalue weighted by Gasteiger charge is -2.19. The molecular formula is C28H28N2O6. The fourth-order valence-electron chi connectivity index (χ4n) is 4.59. The van der Waals surface area contributed by atoms with Crippen molar-refractivity contribution in [2.24, 2.45) is 0 Å². The Morgan fingerprint density at radius 1 is 0.917 bits per heavy atom. The second kappa shape index (κ2) is 10.5. The molecule has 186 valence electrons. The molecule has 1 atom stereocenters. The molecule has 0 saturated carbocycles. The highest BCUT2D eigenvalue weighted by Crippen LogP contribution is 2.50. The van der Waals surface area contributed by atoms with E-state index in [-0.39, 0.29) is 17.0 Å². The summed E-state index contributed by atoms with van der Waals surface area (Å²) in [7, 11) is 4.63. The average molecular weight is 489 g/mol. The van der Waals surface area contributed by atoms with E-state index >= 15 is 0 Å². The van der Waals surface area contributed by atoms with E-state index in [0.29, 0.717) is 46.8 Å². The Morgan fingerprint density at radius 3 is 2.28 bits per heavy atom. The molecule has 0 fully saturated rings. The zero-order chi connectivity index (χ0) is 25.8. The molecule has 0 spiro atoms. The summed E-state index contributed by atoms with van der Waals surface area (Å²) < 4.78 is 16.9. The topological polar surface area (TPSA) is 103 Å². The summed E-state index contributed by atoms with van der Waals surface area (Å²) in [6.07, 6.45) is 1.15. The van der Waals surface area contributed by atoms with Crippen molar-refractivity contribution >= 4 is 17.5 Å². The summed E-state index contributed by atoms with van der Waals surface area (Å²) in [6.45, 7) is 1.44. The largest absolute Gasteiger partial charge is 0.493 e. The molecule has 1 aliphatic rings. The molecule has 0 radical (unpaired) electrons. The SMILES string of the molecule is COc1cc2c(c(OC)c1OC)-c1ccc(NC(=O)c3ccccc3)c(=O)cc1[C@@H](NC(C)=O)CC2. The number of anilines is 1. The third kappa shape index (κ3) is 4.75. The van der Waals surface area contributed by atoms with E-state index in [2.05, 4.69) is 10.6 Å². The van der Waals surface area contributed by atoms with Gasteiger partial charge in [-0.05, 0) is 59.9 Å². The Hall–Kier alpha value is -4.33. The van der Waals surface area contributed by atoms with Gasteiger partial charge in [-0.15, -0.1) is 0 Å². The van der Waals surface area contributed by atoms with Crippen molar-refractivity contribution in [2.75, 3.05) is 26.6 Å². The number of methoxy groups -OCH3 is 3. The number of rotatable bonds is 6. The molecule has 8 nitrogen and oxygen atoms in total. The van der Waals surface area contributed by atoms with E-state index < -0.39 is 11.9 Å². The van der Waals surface area contributed by atoms with Crippen LogP contribution in [0, 0.1) is 0 Å². The van der Waals surface area contributed by atoms with Crippen molar-refractivity contribution in [1.82, 2.24) is 5.32 Å². The molecule has 0 saturated heterocycles. The molecular weight excluding hydrogens is 460 g/mol. The lowest BCUT2D eigenvalue weighted by atomic mass is 9.95. The maximum Gasteiger partial charge on any atom is 0.255 e. The minimum atomic E-state index is -0.427. The van der Waals surface area contributed by atoms with E-state index in [1.807, 2.05) is 12.1 Å². The van der Waals surface area contributed by atoms with Crippen molar-refractivity contribution in [3.8, 4) is 28.4 Å². The van der Waals surface area contributed by atoms with E-state index in [0.717, 1.165) is 11.1 Å². The molecule has 0 aromatic heterocycles. The predicted octanol–water partition coefficient (Wildman–Crippen LogP) is 4.12. The lowest BCUT2D eigenvalue weighted by molar-refractivity contribution is -0.119. The highest BCUT2D eigenvalue weighted by molar-refractivity contribution is 6.04. The van der Waals surface area contributed by atoms with E-state index in [4.69, 9.17) is 14.2 Å². The number of hydrogen-bond acceptors (Lipinski definition) is 6. The third-order valence-corrected chi connectivity index (χ3v) is 6.20. The fraction of sp³-hybridized carbons (Fsp3) is 0.250. The minimum Gasteiger partial charge on any atom is -0.493 e. The molecule has 0 bridgehead atoms. The third-order valence-electron chi connectivity index (χ3n) is 6.20. The second-order valence-corrected chi connectivity index (χ2v) is 8.42. The van der Waals surface area contributed by atoms with Gasteiger partial charge in [-0.1, -0.05) is 24.3 Å². The summed E-state index contributed by atoms with van der Waals surface area (Å²) >= 11 is 0. The first-order valence-corrected chi connectivity index (χ1v) is 11.5. The number of benzene rings is 2. The quantitative estimate of drug-likeness (QED) is 0.541. The zero-order valence-electron chi connectivity index (χ0n) is 20.6. The molecule has 36 heavy (non-hydrogen) atoms.